The summed E-state index contributed by atoms with van der Waals surface area (Å²) in [7, 11) is 0. The molecular weight excluding hydrogens is 450 g/mol. The Hall–Kier alpha value is -4.31. The minimum Gasteiger partial charge on any atom is -0.444 e. The molecule has 0 saturated carbocycles. The number of benzene rings is 1. The summed E-state index contributed by atoms with van der Waals surface area (Å²) >= 11 is 0. The molecule has 1 aromatic carbocycles. The van der Waals surface area contributed by atoms with Crippen molar-refractivity contribution in [2.45, 2.75) is 26.4 Å². The Morgan fingerprint density at radius 1 is 1.03 bits per heavy atom. The molecular formula is C29H29N5O2. The number of fused-ring (bicyclic) bond motifs is 1. The summed E-state index contributed by atoms with van der Waals surface area (Å²) in [6, 6.07) is 16.1. The van der Waals surface area contributed by atoms with Gasteiger partial charge in [0.25, 0.3) is 0 Å². The van der Waals surface area contributed by atoms with Crippen LogP contribution in [-0.2, 0) is 4.74 Å². The number of ether oxygens (including phenoxy) is 1. The normalized spacial score (nSPS) is 14.1. The van der Waals surface area contributed by atoms with E-state index in [1.165, 1.54) is 0 Å². The van der Waals surface area contributed by atoms with Gasteiger partial charge in [-0.1, -0.05) is 24.1 Å². The molecule has 7 heteroatoms. The molecule has 182 valence electrons. The van der Waals surface area contributed by atoms with Gasteiger partial charge in [0.2, 0.25) is 0 Å². The van der Waals surface area contributed by atoms with Gasteiger partial charge in [-0.05, 0) is 51.1 Å². The number of carbonyl (C=O) groups excluding carboxylic acids is 1. The molecule has 1 amide bonds. The van der Waals surface area contributed by atoms with Crippen molar-refractivity contribution in [3.8, 4) is 34.9 Å². The number of nitrogens with zero attached hydrogens (tertiary/aromatic N) is 4. The molecule has 0 atom stereocenters. The van der Waals surface area contributed by atoms with Gasteiger partial charge < -0.3 is 19.5 Å². The number of hydrogen-bond donors (Lipinski definition) is 1. The molecule has 1 aliphatic rings. The average molecular weight is 480 g/mol. The number of carbonyl (C=O) groups is 1. The van der Waals surface area contributed by atoms with E-state index in [-0.39, 0.29) is 6.09 Å². The third-order valence-corrected chi connectivity index (χ3v) is 6.16. The molecule has 1 fully saturated rings. The van der Waals surface area contributed by atoms with Crippen LogP contribution in [0, 0.1) is 12.3 Å². The van der Waals surface area contributed by atoms with Crippen LogP contribution in [0.3, 0.4) is 0 Å². The zero-order valence-corrected chi connectivity index (χ0v) is 20.8. The minimum absolute atomic E-state index is 0.279. The van der Waals surface area contributed by atoms with E-state index in [4.69, 9.17) is 11.2 Å². The van der Waals surface area contributed by atoms with E-state index in [9.17, 15) is 4.79 Å². The Bertz CT molecular complexity index is 1450. The summed E-state index contributed by atoms with van der Waals surface area (Å²) in [5.74, 6) is 3.70. The Labute approximate surface area is 211 Å². The van der Waals surface area contributed by atoms with Crippen molar-refractivity contribution in [2.24, 2.45) is 0 Å². The van der Waals surface area contributed by atoms with E-state index in [0.717, 1.165) is 44.8 Å². The van der Waals surface area contributed by atoms with Gasteiger partial charge in [-0.15, -0.1) is 6.42 Å². The summed E-state index contributed by atoms with van der Waals surface area (Å²) < 4.78 is 5.51. The topological polar surface area (TPSA) is 74.4 Å². The molecule has 1 aliphatic heterocycles. The fourth-order valence-corrected chi connectivity index (χ4v) is 4.36. The van der Waals surface area contributed by atoms with Gasteiger partial charge in [-0.3, -0.25) is 9.97 Å². The van der Waals surface area contributed by atoms with E-state index in [1.54, 1.807) is 11.1 Å². The molecule has 0 spiro atoms. The van der Waals surface area contributed by atoms with Gasteiger partial charge in [-0.25, -0.2) is 4.79 Å². The molecule has 3 aromatic heterocycles. The van der Waals surface area contributed by atoms with Crippen LogP contribution in [0.2, 0.25) is 0 Å². The van der Waals surface area contributed by atoms with Crippen molar-refractivity contribution in [3.63, 3.8) is 0 Å². The molecule has 1 saturated heterocycles. The highest BCUT2D eigenvalue weighted by molar-refractivity contribution is 5.83. The number of H-pyrrole nitrogens is 1. The smallest absolute Gasteiger partial charge is 0.410 e. The minimum atomic E-state index is -0.508. The van der Waals surface area contributed by atoms with Crippen molar-refractivity contribution < 1.29 is 9.53 Å². The van der Waals surface area contributed by atoms with Crippen molar-refractivity contribution >= 4 is 22.8 Å². The summed E-state index contributed by atoms with van der Waals surface area (Å²) in [5.41, 5.74) is 4.95. The van der Waals surface area contributed by atoms with Gasteiger partial charge >= 0.3 is 6.09 Å². The van der Waals surface area contributed by atoms with E-state index in [2.05, 4.69) is 37.9 Å². The van der Waals surface area contributed by atoms with Crippen LogP contribution in [0.15, 0.2) is 60.9 Å². The number of aromatic amines is 1. The monoisotopic (exact) mass is 479 g/mol. The van der Waals surface area contributed by atoms with Crippen molar-refractivity contribution in [2.75, 3.05) is 31.1 Å². The second-order valence-electron chi connectivity index (χ2n) is 9.89. The molecule has 7 nitrogen and oxygen atoms in total. The van der Waals surface area contributed by atoms with Crippen LogP contribution in [0.5, 0.6) is 0 Å². The molecule has 0 aliphatic carbocycles. The lowest BCUT2D eigenvalue weighted by Gasteiger charge is -2.36. The molecule has 5 rings (SSSR count). The van der Waals surface area contributed by atoms with Gasteiger partial charge in [0.1, 0.15) is 11.4 Å². The van der Waals surface area contributed by atoms with Crippen molar-refractivity contribution in [1.29, 1.82) is 0 Å². The molecule has 0 radical (unpaired) electrons. The van der Waals surface area contributed by atoms with E-state index in [0.29, 0.717) is 26.2 Å². The summed E-state index contributed by atoms with van der Waals surface area (Å²) in [6.07, 6.45) is 9.24. The third kappa shape index (κ3) is 4.89. The number of nitrogens with one attached hydrogen (secondary N) is 1. The van der Waals surface area contributed by atoms with Crippen molar-refractivity contribution in [3.05, 3.63) is 66.5 Å². The van der Waals surface area contributed by atoms with Crippen LogP contribution in [0.25, 0.3) is 33.4 Å². The predicted molar refractivity (Wildman–Crippen MR) is 143 cm³/mol. The lowest BCUT2D eigenvalue weighted by atomic mass is 10.1. The first-order chi connectivity index (χ1) is 17.3. The predicted octanol–water partition coefficient (Wildman–Crippen LogP) is 5.33. The summed E-state index contributed by atoms with van der Waals surface area (Å²) in [5, 5.41) is 1.07. The number of hydrogen-bond acceptors (Lipinski definition) is 5. The van der Waals surface area contributed by atoms with Crippen LogP contribution >= 0.6 is 0 Å². The molecule has 4 heterocycles. The quantitative estimate of drug-likeness (QED) is 0.402. The number of aromatic nitrogens is 3. The Morgan fingerprint density at radius 3 is 2.56 bits per heavy atom. The molecule has 4 aromatic rings. The Kier molecular flexibility index (Phi) is 6.11. The number of piperazine rings is 1. The number of pyridine rings is 2. The second kappa shape index (κ2) is 9.38. The first-order valence-corrected chi connectivity index (χ1v) is 12.0. The van der Waals surface area contributed by atoms with Gasteiger partial charge in [0.05, 0.1) is 16.8 Å². The fraction of sp³-hybridized carbons (Fsp3) is 0.276. The zero-order chi connectivity index (χ0) is 25.3. The third-order valence-electron chi connectivity index (χ3n) is 6.16. The summed E-state index contributed by atoms with van der Waals surface area (Å²) in [6.45, 7) is 8.10. The first-order valence-electron chi connectivity index (χ1n) is 12.0. The van der Waals surface area contributed by atoms with Crippen molar-refractivity contribution in [1.82, 2.24) is 19.9 Å². The summed E-state index contributed by atoms with van der Waals surface area (Å²) in [4.78, 5) is 29.0. The standard InChI is InChI=1S/C29H29N5O2/c1-5-20-17-26(32-27(20)33-12-14-34(15-13-33)28(35)36-29(2,3)4)22-10-11-30-25(18-22)23-16-21-8-6-7-9-24(21)31-19-23/h1,6-11,16-19,32H,12-15H2,2-4H3. The van der Waals surface area contributed by atoms with Crippen LogP contribution < -0.4 is 4.90 Å². The number of amides is 1. The Morgan fingerprint density at radius 2 is 1.81 bits per heavy atom. The highest BCUT2D eigenvalue weighted by Gasteiger charge is 2.27. The molecule has 1 N–H and O–H groups in total. The lowest BCUT2D eigenvalue weighted by Crippen LogP contribution is -2.50. The highest BCUT2D eigenvalue weighted by Crippen LogP contribution is 2.30. The van der Waals surface area contributed by atoms with E-state index >= 15 is 0 Å². The lowest BCUT2D eigenvalue weighted by molar-refractivity contribution is 0.0240. The second-order valence-corrected chi connectivity index (χ2v) is 9.89. The maximum Gasteiger partial charge on any atom is 0.410 e. The van der Waals surface area contributed by atoms with Crippen LogP contribution in [-0.4, -0.2) is 57.7 Å². The highest BCUT2D eigenvalue weighted by atomic mass is 16.6. The van der Waals surface area contributed by atoms with Gasteiger partial charge in [-0.2, -0.15) is 0 Å². The SMILES string of the molecule is C#Cc1cc(-c2ccnc(-c3cnc4ccccc4c3)c2)[nH]c1N1CCN(C(=O)OC(C)(C)C)CC1. The zero-order valence-electron chi connectivity index (χ0n) is 20.8. The van der Waals surface area contributed by atoms with E-state index in [1.807, 2.05) is 63.4 Å². The maximum atomic E-state index is 12.4. The van der Waals surface area contributed by atoms with E-state index < -0.39 is 5.60 Å². The van der Waals surface area contributed by atoms with Crippen LogP contribution in [0.4, 0.5) is 10.6 Å². The average Bonchev–Trinajstić information content (AvgIpc) is 3.32. The first kappa shape index (κ1) is 23.4. The molecule has 0 unspecified atom stereocenters. The van der Waals surface area contributed by atoms with Crippen LogP contribution in [0.1, 0.15) is 26.3 Å². The van der Waals surface area contributed by atoms with Gasteiger partial charge in [0.15, 0.2) is 0 Å². The number of anilines is 1. The largest absolute Gasteiger partial charge is 0.444 e. The fourth-order valence-electron chi connectivity index (χ4n) is 4.36. The number of terminal acetylenes is 1. The maximum absolute atomic E-state index is 12.4. The Balaban J connectivity index is 1.36. The van der Waals surface area contributed by atoms with Gasteiger partial charge in [0, 0.05) is 60.8 Å². The molecule has 0 bridgehead atoms. The molecule has 36 heavy (non-hydrogen) atoms. The number of para-hydroxylation sites is 1. The number of rotatable bonds is 3.